The second-order valence-corrected chi connectivity index (χ2v) is 7.99. The van der Waals surface area contributed by atoms with Gasteiger partial charge in [-0.2, -0.15) is 10.2 Å². The maximum Gasteiger partial charge on any atom is 0.407 e. The number of anilines is 1. The number of nitrogens with zero attached hydrogens (tertiary/aromatic N) is 5. The van der Waals surface area contributed by atoms with Gasteiger partial charge in [0.1, 0.15) is 17.5 Å². The molecule has 0 bridgehead atoms. The first-order valence-electron chi connectivity index (χ1n) is 9.48. The molecule has 1 aliphatic carbocycles. The van der Waals surface area contributed by atoms with Crippen molar-refractivity contribution in [1.82, 2.24) is 25.3 Å². The Labute approximate surface area is 168 Å². The van der Waals surface area contributed by atoms with Crippen LogP contribution in [0.5, 0.6) is 0 Å². The van der Waals surface area contributed by atoms with Crippen LogP contribution in [0.15, 0.2) is 24.7 Å². The van der Waals surface area contributed by atoms with Crippen molar-refractivity contribution in [3.8, 4) is 5.82 Å². The molecule has 0 spiro atoms. The molecular weight excluding hydrogens is 378 g/mol. The fourth-order valence-electron chi connectivity index (χ4n) is 3.29. The Morgan fingerprint density at radius 1 is 1.28 bits per heavy atom. The standard InChI is InChI=1S/C18H25N7O4/c1-18(2,3)29-17(26)23-13-6-4-5-12(9-13)22-14-10-16(24-20-7-8-21-24)19-11-15(14)25(27)28/h7-8,10-13H,4-6,9H2,1-3H3,(H,19,22)(H,23,26). The second-order valence-electron chi connectivity index (χ2n) is 7.99. The van der Waals surface area contributed by atoms with E-state index in [1.165, 1.54) is 23.4 Å². The Kier molecular flexibility index (Phi) is 5.95. The van der Waals surface area contributed by atoms with Gasteiger partial charge in [0.15, 0.2) is 5.82 Å². The van der Waals surface area contributed by atoms with Crippen LogP contribution in [0.1, 0.15) is 46.5 Å². The third-order valence-electron chi connectivity index (χ3n) is 4.44. The van der Waals surface area contributed by atoms with Crippen LogP contribution in [0.25, 0.3) is 5.82 Å². The van der Waals surface area contributed by atoms with Crippen molar-refractivity contribution in [2.45, 2.75) is 64.1 Å². The lowest BCUT2D eigenvalue weighted by Crippen LogP contribution is -2.43. The summed E-state index contributed by atoms with van der Waals surface area (Å²) in [5, 5.41) is 25.6. The van der Waals surface area contributed by atoms with Gasteiger partial charge in [-0.3, -0.25) is 10.1 Å². The van der Waals surface area contributed by atoms with Crippen LogP contribution in [0.2, 0.25) is 0 Å². The van der Waals surface area contributed by atoms with Crippen molar-refractivity contribution < 1.29 is 14.5 Å². The first-order chi connectivity index (χ1) is 13.7. The molecule has 0 aromatic carbocycles. The van der Waals surface area contributed by atoms with Gasteiger partial charge in [0.05, 0.1) is 17.3 Å². The minimum Gasteiger partial charge on any atom is -0.444 e. The van der Waals surface area contributed by atoms with Gasteiger partial charge in [-0.25, -0.2) is 9.78 Å². The zero-order valence-electron chi connectivity index (χ0n) is 16.7. The fourth-order valence-corrected chi connectivity index (χ4v) is 3.29. The van der Waals surface area contributed by atoms with Crippen LogP contribution in [0.3, 0.4) is 0 Å². The van der Waals surface area contributed by atoms with E-state index in [-0.39, 0.29) is 17.8 Å². The number of hydrogen-bond acceptors (Lipinski definition) is 8. The quantitative estimate of drug-likeness (QED) is 0.574. The fraction of sp³-hybridized carbons (Fsp3) is 0.556. The molecule has 11 nitrogen and oxygen atoms in total. The molecule has 2 aromatic heterocycles. The number of nitrogens with one attached hydrogen (secondary N) is 2. The molecular formula is C18H25N7O4. The maximum atomic E-state index is 12.0. The maximum absolute atomic E-state index is 12.0. The van der Waals surface area contributed by atoms with Gasteiger partial charge in [0.2, 0.25) is 0 Å². The first-order valence-corrected chi connectivity index (χ1v) is 9.48. The molecule has 2 heterocycles. The summed E-state index contributed by atoms with van der Waals surface area (Å²) in [5.74, 6) is 0.377. The number of nitro groups is 1. The summed E-state index contributed by atoms with van der Waals surface area (Å²) in [7, 11) is 0. The lowest BCUT2D eigenvalue weighted by atomic mass is 9.91. The zero-order chi connectivity index (χ0) is 21.0. The third kappa shape index (κ3) is 5.62. The van der Waals surface area contributed by atoms with Crippen molar-refractivity contribution in [2.75, 3.05) is 5.32 Å². The molecule has 2 aromatic rings. The Balaban J connectivity index is 1.70. The van der Waals surface area contributed by atoms with E-state index in [2.05, 4.69) is 25.8 Å². The van der Waals surface area contributed by atoms with Crippen molar-refractivity contribution in [3.63, 3.8) is 0 Å². The summed E-state index contributed by atoms with van der Waals surface area (Å²) < 4.78 is 5.32. The van der Waals surface area contributed by atoms with E-state index in [9.17, 15) is 14.9 Å². The molecule has 11 heteroatoms. The molecule has 3 rings (SSSR count). The van der Waals surface area contributed by atoms with E-state index in [4.69, 9.17) is 4.74 Å². The zero-order valence-corrected chi connectivity index (χ0v) is 16.7. The van der Waals surface area contributed by atoms with Gasteiger partial charge >= 0.3 is 11.8 Å². The van der Waals surface area contributed by atoms with Crippen LogP contribution < -0.4 is 10.6 Å². The highest BCUT2D eigenvalue weighted by Gasteiger charge is 2.27. The number of pyridine rings is 1. The topological polar surface area (TPSA) is 137 Å². The van der Waals surface area contributed by atoms with Gasteiger partial charge in [-0.05, 0) is 46.5 Å². The van der Waals surface area contributed by atoms with E-state index in [0.717, 1.165) is 19.3 Å². The summed E-state index contributed by atoms with van der Waals surface area (Å²) in [6.45, 7) is 5.44. The van der Waals surface area contributed by atoms with E-state index in [1.807, 2.05) is 20.8 Å². The number of ether oxygens (including phenoxy) is 1. The van der Waals surface area contributed by atoms with Crippen molar-refractivity contribution >= 4 is 17.5 Å². The molecule has 29 heavy (non-hydrogen) atoms. The third-order valence-corrected chi connectivity index (χ3v) is 4.44. The van der Waals surface area contributed by atoms with Crippen molar-refractivity contribution in [3.05, 3.63) is 34.8 Å². The lowest BCUT2D eigenvalue weighted by molar-refractivity contribution is -0.384. The van der Waals surface area contributed by atoms with Gasteiger partial charge in [-0.15, -0.1) is 4.80 Å². The van der Waals surface area contributed by atoms with E-state index >= 15 is 0 Å². The highest BCUT2D eigenvalue weighted by molar-refractivity contribution is 5.68. The first kappa shape index (κ1) is 20.5. The molecule has 2 N–H and O–H groups in total. The van der Waals surface area contributed by atoms with Crippen LogP contribution in [0, 0.1) is 10.1 Å². The molecule has 1 saturated carbocycles. The summed E-state index contributed by atoms with van der Waals surface area (Å²) in [6, 6.07) is 1.45. The Morgan fingerprint density at radius 3 is 2.62 bits per heavy atom. The molecule has 1 amide bonds. The molecule has 1 aliphatic rings. The molecule has 2 unspecified atom stereocenters. The van der Waals surface area contributed by atoms with Crippen LogP contribution in [0.4, 0.5) is 16.2 Å². The summed E-state index contributed by atoms with van der Waals surface area (Å²) in [4.78, 5) is 28.3. The van der Waals surface area contributed by atoms with Gasteiger partial charge in [0.25, 0.3) is 0 Å². The molecule has 0 saturated heterocycles. The van der Waals surface area contributed by atoms with Crippen molar-refractivity contribution in [2.24, 2.45) is 0 Å². The van der Waals surface area contributed by atoms with Crippen molar-refractivity contribution in [1.29, 1.82) is 0 Å². The number of amides is 1. The van der Waals surface area contributed by atoms with Crippen LogP contribution >= 0.6 is 0 Å². The largest absolute Gasteiger partial charge is 0.444 e. The molecule has 2 atom stereocenters. The van der Waals surface area contributed by atoms with E-state index in [0.29, 0.717) is 17.9 Å². The van der Waals surface area contributed by atoms with Crippen LogP contribution in [-0.4, -0.2) is 48.7 Å². The molecule has 0 radical (unpaired) electrons. The summed E-state index contributed by atoms with van der Waals surface area (Å²) in [5.41, 5.74) is -0.339. The Morgan fingerprint density at radius 2 is 1.97 bits per heavy atom. The normalized spacial score (nSPS) is 19.4. The SMILES string of the molecule is CC(C)(C)OC(=O)NC1CCCC(Nc2cc(-n3nccn3)ncc2[N+](=O)[O-])C1. The number of aromatic nitrogens is 4. The highest BCUT2D eigenvalue weighted by atomic mass is 16.6. The number of hydrogen-bond donors (Lipinski definition) is 2. The Bertz CT molecular complexity index is 864. The van der Waals surface area contributed by atoms with Gasteiger partial charge in [-0.1, -0.05) is 0 Å². The molecule has 156 valence electrons. The summed E-state index contributed by atoms with van der Waals surface area (Å²) >= 11 is 0. The number of carbonyl (C=O) groups excluding carboxylic acids is 1. The minimum absolute atomic E-state index is 0.0387. The second kappa shape index (κ2) is 8.41. The monoisotopic (exact) mass is 403 g/mol. The summed E-state index contributed by atoms with van der Waals surface area (Å²) in [6.07, 6.45) is 6.93. The van der Waals surface area contributed by atoms with E-state index < -0.39 is 16.6 Å². The predicted octanol–water partition coefficient (Wildman–Crippen LogP) is 2.82. The van der Waals surface area contributed by atoms with Gasteiger partial charge < -0.3 is 15.4 Å². The molecule has 1 fully saturated rings. The smallest absolute Gasteiger partial charge is 0.407 e. The average molecular weight is 403 g/mol. The lowest BCUT2D eigenvalue weighted by Gasteiger charge is -2.31. The van der Waals surface area contributed by atoms with Crippen LogP contribution in [-0.2, 0) is 4.74 Å². The number of carbonyl (C=O) groups is 1. The van der Waals surface area contributed by atoms with Gasteiger partial charge in [0, 0.05) is 18.2 Å². The molecule has 0 aliphatic heterocycles. The highest BCUT2D eigenvalue weighted by Crippen LogP contribution is 2.29. The number of rotatable bonds is 5. The number of alkyl carbamates (subject to hydrolysis) is 1. The van der Waals surface area contributed by atoms with E-state index in [1.54, 1.807) is 6.07 Å². The predicted molar refractivity (Wildman–Crippen MR) is 105 cm³/mol. The average Bonchev–Trinajstić information content (AvgIpc) is 3.14. The minimum atomic E-state index is -0.564. The Hall–Kier alpha value is -3.24.